The summed E-state index contributed by atoms with van der Waals surface area (Å²) < 4.78 is 5.82. The summed E-state index contributed by atoms with van der Waals surface area (Å²) >= 11 is 0. The van der Waals surface area contributed by atoms with Crippen LogP contribution in [0.4, 0.5) is 0 Å². The first-order valence-corrected chi connectivity index (χ1v) is 9.36. The van der Waals surface area contributed by atoms with Gasteiger partial charge >= 0.3 is 0 Å². The lowest BCUT2D eigenvalue weighted by Crippen LogP contribution is -2.08. The molecule has 0 saturated carbocycles. The highest BCUT2D eigenvalue weighted by Gasteiger charge is 2.16. The first kappa shape index (κ1) is 19.3. The maximum Gasteiger partial charge on any atom is 0.268 e. The third kappa shape index (κ3) is 3.77. The Morgan fingerprint density at radius 3 is 2.23 bits per heavy atom. The first-order chi connectivity index (χ1) is 14.4. The monoisotopic (exact) mass is 399 g/mol. The van der Waals surface area contributed by atoms with Crippen LogP contribution < -0.4 is 0 Å². The van der Waals surface area contributed by atoms with Crippen LogP contribution in [0.5, 0.6) is 5.75 Å². The van der Waals surface area contributed by atoms with E-state index >= 15 is 0 Å². The van der Waals surface area contributed by atoms with Gasteiger partial charge in [0.05, 0.1) is 17.6 Å². The second-order valence-corrected chi connectivity index (χ2v) is 7.07. The van der Waals surface area contributed by atoms with Crippen LogP contribution in [0, 0.1) is 6.92 Å². The molecule has 30 heavy (non-hydrogen) atoms. The maximum atomic E-state index is 9.44. The molecule has 7 nitrogen and oxygen atoms in total. The van der Waals surface area contributed by atoms with Gasteiger partial charge in [-0.25, -0.2) is 4.98 Å². The molecule has 1 N–H and O–H groups in total. The molecule has 150 valence electrons. The van der Waals surface area contributed by atoms with Gasteiger partial charge in [0.1, 0.15) is 11.4 Å². The molecule has 0 fully saturated rings. The Balaban J connectivity index is 1.66. The SMILES string of the molecule is C=C(c1ccc(-c2cnc(C)c(-c3nnc(-c4ccc(O)cc4)o3)n2)cc1)N(C)C. The van der Waals surface area contributed by atoms with Crippen LogP contribution in [0.1, 0.15) is 11.3 Å². The lowest BCUT2D eigenvalue weighted by molar-refractivity contribution is 0.475. The van der Waals surface area contributed by atoms with Gasteiger partial charge in [-0.3, -0.25) is 4.98 Å². The molecule has 0 radical (unpaired) electrons. The van der Waals surface area contributed by atoms with Crippen LogP contribution in [-0.4, -0.2) is 44.3 Å². The van der Waals surface area contributed by atoms with Gasteiger partial charge in [0.15, 0.2) is 0 Å². The van der Waals surface area contributed by atoms with E-state index in [4.69, 9.17) is 9.40 Å². The van der Waals surface area contributed by atoms with Gasteiger partial charge in [-0.2, -0.15) is 0 Å². The topological polar surface area (TPSA) is 88.2 Å². The fourth-order valence-electron chi connectivity index (χ4n) is 2.92. The van der Waals surface area contributed by atoms with Crippen LogP contribution >= 0.6 is 0 Å². The van der Waals surface area contributed by atoms with Gasteiger partial charge in [-0.15, -0.1) is 10.2 Å². The second kappa shape index (κ2) is 7.79. The summed E-state index contributed by atoms with van der Waals surface area (Å²) in [5.41, 5.74) is 5.55. The molecule has 0 amide bonds. The van der Waals surface area contributed by atoms with Crippen LogP contribution in [-0.2, 0) is 0 Å². The third-order valence-electron chi connectivity index (χ3n) is 4.75. The average Bonchev–Trinajstić information content (AvgIpc) is 3.24. The van der Waals surface area contributed by atoms with Crippen molar-refractivity contribution < 1.29 is 9.52 Å². The molecule has 0 spiro atoms. The van der Waals surface area contributed by atoms with Crippen molar-refractivity contribution in [1.29, 1.82) is 0 Å². The number of phenols is 1. The Morgan fingerprint density at radius 2 is 1.57 bits per heavy atom. The van der Waals surface area contributed by atoms with E-state index in [-0.39, 0.29) is 5.75 Å². The van der Waals surface area contributed by atoms with Crippen molar-refractivity contribution in [2.75, 3.05) is 14.1 Å². The zero-order chi connectivity index (χ0) is 21.3. The molecule has 0 aliphatic heterocycles. The number of hydrogen-bond donors (Lipinski definition) is 1. The fraction of sp³-hybridized carbons (Fsp3) is 0.130. The zero-order valence-electron chi connectivity index (χ0n) is 17.0. The Bertz CT molecular complexity index is 1200. The molecule has 0 aliphatic rings. The number of aromatic nitrogens is 4. The molecular formula is C23H21N5O2. The highest BCUT2D eigenvalue weighted by Crippen LogP contribution is 2.28. The summed E-state index contributed by atoms with van der Waals surface area (Å²) in [7, 11) is 3.93. The highest BCUT2D eigenvalue weighted by molar-refractivity contribution is 5.68. The molecule has 2 aromatic heterocycles. The largest absolute Gasteiger partial charge is 0.508 e. The zero-order valence-corrected chi connectivity index (χ0v) is 17.0. The van der Waals surface area contributed by atoms with Gasteiger partial charge < -0.3 is 14.4 Å². The van der Waals surface area contributed by atoms with Crippen LogP contribution in [0.15, 0.2) is 65.7 Å². The summed E-state index contributed by atoms with van der Waals surface area (Å²) in [6.45, 7) is 5.93. The van der Waals surface area contributed by atoms with Gasteiger partial charge in [0.25, 0.3) is 5.89 Å². The maximum absolute atomic E-state index is 9.44. The van der Waals surface area contributed by atoms with Crippen molar-refractivity contribution in [3.63, 3.8) is 0 Å². The van der Waals surface area contributed by atoms with Crippen LogP contribution in [0.2, 0.25) is 0 Å². The number of rotatable bonds is 5. The van der Waals surface area contributed by atoms with Crippen molar-refractivity contribution in [2.45, 2.75) is 6.92 Å². The van der Waals surface area contributed by atoms with Gasteiger partial charge in [0.2, 0.25) is 5.89 Å². The van der Waals surface area contributed by atoms with Crippen molar-refractivity contribution in [2.24, 2.45) is 0 Å². The predicted molar refractivity (Wildman–Crippen MR) is 115 cm³/mol. The number of aromatic hydroxyl groups is 1. The Hall–Kier alpha value is -4.00. The minimum atomic E-state index is 0.174. The molecule has 4 rings (SSSR count). The highest BCUT2D eigenvalue weighted by atomic mass is 16.4. The lowest BCUT2D eigenvalue weighted by Gasteiger charge is -2.16. The van der Waals surface area contributed by atoms with Crippen LogP contribution in [0.25, 0.3) is 40.0 Å². The van der Waals surface area contributed by atoms with E-state index in [0.717, 1.165) is 16.8 Å². The second-order valence-electron chi connectivity index (χ2n) is 7.07. The molecular weight excluding hydrogens is 378 g/mol. The molecule has 0 saturated heterocycles. The van der Waals surface area contributed by atoms with Gasteiger partial charge in [0, 0.05) is 30.9 Å². The predicted octanol–water partition coefficient (Wildman–Crippen LogP) is 4.41. The lowest BCUT2D eigenvalue weighted by atomic mass is 10.1. The molecule has 0 bridgehead atoms. The smallest absolute Gasteiger partial charge is 0.268 e. The average molecular weight is 399 g/mol. The Labute approximate surface area is 174 Å². The molecule has 0 atom stereocenters. The molecule has 0 unspecified atom stereocenters. The summed E-state index contributed by atoms with van der Waals surface area (Å²) in [5.74, 6) is 0.818. The van der Waals surface area contributed by atoms with E-state index in [0.29, 0.717) is 34.4 Å². The standard InChI is InChI=1S/C23H21N5O2/c1-14-21(23-27-26-22(30-23)18-9-11-19(29)12-10-18)25-20(13-24-14)17-7-5-16(6-8-17)15(2)28(3)4/h5-13,29H,2H2,1,3-4H3. The van der Waals surface area contributed by atoms with Gasteiger partial charge in [-0.1, -0.05) is 30.8 Å². The van der Waals surface area contributed by atoms with Crippen molar-refractivity contribution in [3.8, 4) is 40.0 Å². The van der Waals surface area contributed by atoms with E-state index in [1.807, 2.05) is 50.2 Å². The number of phenolic OH excluding ortho intramolecular Hbond substituents is 1. The van der Waals surface area contributed by atoms with Crippen molar-refractivity contribution >= 4 is 5.70 Å². The molecule has 2 heterocycles. The number of benzene rings is 2. The first-order valence-electron chi connectivity index (χ1n) is 9.36. The summed E-state index contributed by atoms with van der Waals surface area (Å²) in [5, 5.41) is 17.7. The third-order valence-corrected chi connectivity index (χ3v) is 4.75. The normalized spacial score (nSPS) is 10.8. The molecule has 2 aromatic carbocycles. The Morgan fingerprint density at radius 1 is 0.933 bits per heavy atom. The minimum absolute atomic E-state index is 0.174. The molecule has 7 heteroatoms. The van der Waals surface area contributed by atoms with Crippen molar-refractivity contribution in [3.05, 3.63) is 72.6 Å². The summed E-state index contributed by atoms with van der Waals surface area (Å²) in [6, 6.07) is 14.6. The van der Waals surface area contributed by atoms with E-state index in [2.05, 4.69) is 21.8 Å². The van der Waals surface area contributed by atoms with E-state index in [1.165, 1.54) is 0 Å². The summed E-state index contributed by atoms with van der Waals surface area (Å²) in [6.07, 6.45) is 1.73. The quantitative estimate of drug-likeness (QED) is 0.532. The van der Waals surface area contributed by atoms with E-state index < -0.39 is 0 Å². The van der Waals surface area contributed by atoms with E-state index in [9.17, 15) is 5.11 Å². The number of hydrogen-bond acceptors (Lipinski definition) is 7. The molecule has 4 aromatic rings. The van der Waals surface area contributed by atoms with Gasteiger partial charge in [-0.05, 0) is 36.8 Å². The fourth-order valence-corrected chi connectivity index (χ4v) is 2.92. The van der Waals surface area contributed by atoms with Crippen molar-refractivity contribution in [1.82, 2.24) is 25.1 Å². The number of aryl methyl sites for hydroxylation is 1. The minimum Gasteiger partial charge on any atom is -0.508 e. The summed E-state index contributed by atoms with van der Waals surface area (Å²) in [4.78, 5) is 11.1. The Kier molecular flexibility index (Phi) is 5.02. The molecule has 0 aliphatic carbocycles. The van der Waals surface area contributed by atoms with E-state index in [1.54, 1.807) is 30.5 Å². The van der Waals surface area contributed by atoms with Crippen LogP contribution in [0.3, 0.4) is 0 Å². The number of nitrogens with zero attached hydrogens (tertiary/aromatic N) is 5.